The van der Waals surface area contributed by atoms with Crippen molar-refractivity contribution >= 4 is 34.2 Å². The monoisotopic (exact) mass is 334 g/mol. The maximum atomic E-state index is 5.51. The van der Waals surface area contributed by atoms with Gasteiger partial charge in [0.1, 0.15) is 11.5 Å². The van der Waals surface area contributed by atoms with Crippen molar-refractivity contribution in [3.63, 3.8) is 0 Å². The summed E-state index contributed by atoms with van der Waals surface area (Å²) in [7, 11) is 3.41. The fourth-order valence-electron chi connectivity index (χ4n) is 3.11. The molecular formula is C21H18O2S. The summed E-state index contributed by atoms with van der Waals surface area (Å²) in [5.41, 5.74) is 5.11. The molecular weight excluding hydrogens is 316 g/mol. The maximum Gasteiger partial charge on any atom is 0.126 e. The van der Waals surface area contributed by atoms with Gasteiger partial charge in [0, 0.05) is 15.7 Å². The minimum atomic E-state index is 0.879. The molecule has 0 saturated heterocycles. The summed E-state index contributed by atoms with van der Waals surface area (Å²) >= 11 is 1.76. The van der Waals surface area contributed by atoms with Gasteiger partial charge in [-0.3, -0.25) is 0 Å². The van der Waals surface area contributed by atoms with Gasteiger partial charge < -0.3 is 9.47 Å². The van der Waals surface area contributed by atoms with Gasteiger partial charge >= 0.3 is 0 Å². The van der Waals surface area contributed by atoms with Crippen LogP contribution in [0.5, 0.6) is 11.5 Å². The minimum Gasteiger partial charge on any atom is -0.496 e. The third-order valence-corrected chi connectivity index (χ3v) is 5.20. The highest BCUT2D eigenvalue weighted by molar-refractivity contribution is 7.98. The predicted molar refractivity (Wildman–Crippen MR) is 102 cm³/mol. The van der Waals surface area contributed by atoms with E-state index in [9.17, 15) is 0 Å². The Labute approximate surface area is 146 Å². The van der Waals surface area contributed by atoms with Crippen LogP contribution in [0, 0.1) is 0 Å². The third-order valence-electron chi connectivity index (χ3n) is 4.46. The molecule has 120 valence electrons. The van der Waals surface area contributed by atoms with Gasteiger partial charge in [0.25, 0.3) is 0 Å². The summed E-state index contributed by atoms with van der Waals surface area (Å²) in [6.07, 6.45) is 4.34. The van der Waals surface area contributed by atoms with Gasteiger partial charge in [0.15, 0.2) is 0 Å². The lowest BCUT2D eigenvalue weighted by Gasteiger charge is -2.08. The summed E-state index contributed by atoms with van der Waals surface area (Å²) < 4.78 is 11.0. The standard InChI is InChI=1S/C21H18O2S/c1-22-20-8-9-21(23-2)19-12-17-15(16(17)11-18(19)20)10-13-4-6-14(24-3)7-5-13/h4-12H,1-3H3. The fourth-order valence-corrected chi connectivity index (χ4v) is 3.51. The molecule has 0 radical (unpaired) electrons. The minimum absolute atomic E-state index is 0.879. The van der Waals surface area contributed by atoms with Gasteiger partial charge in [0.05, 0.1) is 14.2 Å². The van der Waals surface area contributed by atoms with Gasteiger partial charge in [-0.15, -0.1) is 11.8 Å². The largest absolute Gasteiger partial charge is 0.496 e. The predicted octanol–water partition coefficient (Wildman–Crippen LogP) is 5.48. The molecule has 0 atom stereocenters. The number of methoxy groups -OCH3 is 2. The van der Waals surface area contributed by atoms with Crippen LogP contribution < -0.4 is 9.47 Å². The van der Waals surface area contributed by atoms with E-state index in [-0.39, 0.29) is 0 Å². The molecule has 3 heteroatoms. The Morgan fingerprint density at radius 2 is 1.33 bits per heavy atom. The first-order valence-electron chi connectivity index (χ1n) is 7.80. The molecule has 3 aromatic rings. The molecule has 0 spiro atoms. The normalized spacial score (nSPS) is 12.0. The first-order valence-corrected chi connectivity index (χ1v) is 9.03. The number of hydrogen-bond donors (Lipinski definition) is 0. The number of fused-ring (bicyclic) bond motifs is 2. The lowest BCUT2D eigenvalue weighted by molar-refractivity contribution is 0.410. The van der Waals surface area contributed by atoms with E-state index in [0.29, 0.717) is 0 Å². The van der Waals surface area contributed by atoms with Gasteiger partial charge in [-0.1, -0.05) is 12.1 Å². The number of ether oxygens (including phenoxy) is 2. The zero-order valence-corrected chi connectivity index (χ0v) is 14.7. The molecule has 0 heterocycles. The molecule has 1 aliphatic rings. The van der Waals surface area contributed by atoms with Crippen LogP contribution >= 0.6 is 11.8 Å². The summed E-state index contributed by atoms with van der Waals surface area (Å²) in [5.74, 6) is 1.76. The van der Waals surface area contributed by atoms with Crippen molar-refractivity contribution in [1.82, 2.24) is 0 Å². The maximum absolute atomic E-state index is 5.51. The Morgan fingerprint density at radius 3 is 1.79 bits per heavy atom. The van der Waals surface area contributed by atoms with Crippen molar-refractivity contribution in [1.29, 1.82) is 0 Å². The average molecular weight is 334 g/mol. The Morgan fingerprint density at radius 1 is 0.792 bits per heavy atom. The van der Waals surface area contributed by atoms with Crippen molar-refractivity contribution in [3.05, 3.63) is 65.2 Å². The van der Waals surface area contributed by atoms with E-state index < -0.39 is 0 Å². The highest BCUT2D eigenvalue weighted by Crippen LogP contribution is 2.48. The van der Waals surface area contributed by atoms with Gasteiger partial charge in [-0.25, -0.2) is 0 Å². The van der Waals surface area contributed by atoms with E-state index in [1.165, 1.54) is 27.2 Å². The Bertz CT molecular complexity index is 903. The van der Waals surface area contributed by atoms with E-state index in [1.54, 1.807) is 26.0 Å². The van der Waals surface area contributed by atoms with Crippen LogP contribution in [0.2, 0.25) is 0 Å². The molecule has 4 rings (SSSR count). The van der Waals surface area contributed by atoms with E-state index in [4.69, 9.17) is 9.47 Å². The van der Waals surface area contributed by atoms with Crippen molar-refractivity contribution in [3.8, 4) is 11.5 Å². The van der Waals surface area contributed by atoms with Crippen LogP contribution in [-0.2, 0) is 0 Å². The molecule has 0 bridgehead atoms. The van der Waals surface area contributed by atoms with Crippen LogP contribution in [-0.4, -0.2) is 20.5 Å². The van der Waals surface area contributed by atoms with Gasteiger partial charge in [0.2, 0.25) is 0 Å². The highest BCUT2D eigenvalue weighted by atomic mass is 32.2. The van der Waals surface area contributed by atoms with Crippen LogP contribution in [0.25, 0.3) is 22.4 Å². The smallest absolute Gasteiger partial charge is 0.126 e. The lowest BCUT2D eigenvalue weighted by Crippen LogP contribution is -1.88. The van der Waals surface area contributed by atoms with Crippen molar-refractivity contribution in [2.75, 3.05) is 20.5 Å². The molecule has 2 nitrogen and oxygen atoms in total. The fraction of sp³-hybridized carbons (Fsp3) is 0.143. The topological polar surface area (TPSA) is 18.5 Å². The first-order chi connectivity index (χ1) is 11.7. The molecule has 1 aliphatic carbocycles. The van der Waals surface area contributed by atoms with Crippen LogP contribution in [0.1, 0.15) is 16.7 Å². The second kappa shape index (κ2) is 5.91. The molecule has 3 aromatic carbocycles. The summed E-state index contributed by atoms with van der Waals surface area (Å²) in [4.78, 5) is 1.28. The number of rotatable bonds is 4. The number of benzene rings is 3. The van der Waals surface area contributed by atoms with Crippen molar-refractivity contribution < 1.29 is 9.47 Å². The van der Waals surface area contributed by atoms with Gasteiger partial charge in [-0.2, -0.15) is 0 Å². The molecule has 0 saturated carbocycles. The Balaban J connectivity index is 1.78. The first kappa shape index (κ1) is 15.2. The quantitative estimate of drug-likeness (QED) is 0.460. The lowest BCUT2D eigenvalue weighted by atomic mass is 10.1. The van der Waals surface area contributed by atoms with E-state index >= 15 is 0 Å². The van der Waals surface area contributed by atoms with E-state index in [0.717, 1.165) is 22.3 Å². The van der Waals surface area contributed by atoms with E-state index in [1.807, 2.05) is 12.1 Å². The Kier molecular flexibility index (Phi) is 3.73. The van der Waals surface area contributed by atoms with Crippen LogP contribution in [0.3, 0.4) is 0 Å². The molecule has 24 heavy (non-hydrogen) atoms. The highest BCUT2D eigenvalue weighted by Gasteiger charge is 2.27. The summed E-state index contributed by atoms with van der Waals surface area (Å²) in [5, 5.41) is 2.19. The zero-order chi connectivity index (χ0) is 16.7. The van der Waals surface area contributed by atoms with Crippen LogP contribution in [0.4, 0.5) is 0 Å². The summed E-state index contributed by atoms with van der Waals surface area (Å²) in [6.45, 7) is 0. The van der Waals surface area contributed by atoms with Crippen LogP contribution in [0.15, 0.2) is 53.4 Å². The molecule has 0 unspecified atom stereocenters. The zero-order valence-electron chi connectivity index (χ0n) is 13.9. The molecule has 0 fully saturated rings. The second-order valence-electron chi connectivity index (χ2n) is 5.74. The van der Waals surface area contributed by atoms with Crippen molar-refractivity contribution in [2.24, 2.45) is 0 Å². The molecule has 0 aromatic heterocycles. The number of thioether (sulfide) groups is 1. The van der Waals surface area contributed by atoms with Gasteiger partial charge in [-0.05, 0) is 71.0 Å². The molecule has 0 amide bonds. The molecule has 0 aliphatic heterocycles. The second-order valence-corrected chi connectivity index (χ2v) is 6.62. The van der Waals surface area contributed by atoms with Crippen molar-refractivity contribution in [2.45, 2.75) is 4.90 Å². The average Bonchev–Trinajstić information content (AvgIpc) is 3.31. The third kappa shape index (κ3) is 2.45. The Hall–Kier alpha value is -2.39. The summed E-state index contributed by atoms with van der Waals surface area (Å²) in [6, 6.07) is 17.0. The van der Waals surface area contributed by atoms with E-state index in [2.05, 4.69) is 48.7 Å². The molecule has 0 N–H and O–H groups in total. The number of hydrogen-bond acceptors (Lipinski definition) is 3. The SMILES string of the molecule is COc1ccc(OC)c2cc3c(cc12)C3=Cc1ccc(SC)cc1.